The number of hydrogen-bond acceptors (Lipinski definition) is 7. The minimum Gasteiger partial charge on any atom is -0.461 e. The van der Waals surface area contributed by atoms with E-state index in [1.807, 2.05) is 12.1 Å². The molecule has 3 fully saturated rings. The minimum absolute atomic E-state index is 0.0372. The molecular weight excluding hydrogens is 600 g/mol. The van der Waals surface area contributed by atoms with Gasteiger partial charge in [-0.25, -0.2) is 15.4 Å². The van der Waals surface area contributed by atoms with E-state index in [-0.39, 0.29) is 30.2 Å². The topological polar surface area (TPSA) is 69.4 Å². The van der Waals surface area contributed by atoms with Gasteiger partial charge in [-0.1, -0.05) is 30.3 Å². The average molecular weight is 638 g/mol. The highest BCUT2D eigenvalue weighted by Crippen LogP contribution is 2.50. The van der Waals surface area contributed by atoms with Crippen molar-refractivity contribution in [1.82, 2.24) is 24.7 Å². The van der Waals surface area contributed by atoms with Crippen LogP contribution in [0.4, 0.5) is 14.6 Å². The Hall–Kier alpha value is -3.33. The smallest absolute Gasteiger partial charge is 0.318 e. The lowest BCUT2D eigenvalue weighted by atomic mass is 9.81. The summed E-state index contributed by atoms with van der Waals surface area (Å²) in [7, 11) is 2.12. The number of carbonyl (C=O) groups excluding carboxylic acids is 1. The number of amides is 1. The van der Waals surface area contributed by atoms with Gasteiger partial charge in [-0.05, 0) is 56.5 Å². The fraction of sp³-hybridized carbons (Fsp3) is 0.576. The van der Waals surface area contributed by atoms with Crippen LogP contribution in [0.3, 0.4) is 0 Å². The Balaban J connectivity index is 1.25. The van der Waals surface area contributed by atoms with Crippen LogP contribution in [0.1, 0.15) is 48.1 Å². The Morgan fingerprint density at radius 2 is 2.07 bits per heavy atom. The molecule has 0 N–H and O–H groups in total. The molecule has 1 aromatic heterocycles. The molecule has 5 heterocycles. The van der Waals surface area contributed by atoms with Crippen molar-refractivity contribution < 1.29 is 18.3 Å². The van der Waals surface area contributed by atoms with Crippen molar-refractivity contribution in [2.75, 3.05) is 57.8 Å². The van der Waals surface area contributed by atoms with Crippen LogP contribution in [0.5, 0.6) is 6.01 Å². The van der Waals surface area contributed by atoms with E-state index < -0.39 is 23.9 Å². The molecule has 1 spiro atoms. The van der Waals surface area contributed by atoms with Crippen LogP contribution in [-0.4, -0.2) is 101 Å². The van der Waals surface area contributed by atoms with E-state index in [1.54, 1.807) is 0 Å². The zero-order valence-corrected chi connectivity index (χ0v) is 26.3. The van der Waals surface area contributed by atoms with Gasteiger partial charge in [0.15, 0.2) is 5.83 Å². The van der Waals surface area contributed by atoms with E-state index >= 15 is 0 Å². The monoisotopic (exact) mass is 637 g/mol. The van der Waals surface area contributed by atoms with Crippen molar-refractivity contribution in [3.05, 3.63) is 69.4 Å². The van der Waals surface area contributed by atoms with Gasteiger partial charge in [-0.15, -0.1) is 0 Å². The molecule has 0 radical (unpaired) electrons. The molecule has 9 nitrogen and oxygen atoms in total. The fourth-order valence-corrected chi connectivity index (χ4v) is 8.87. The van der Waals surface area contributed by atoms with Gasteiger partial charge in [-0.2, -0.15) is 9.97 Å². The number of carbonyl (C=O) groups is 1. The van der Waals surface area contributed by atoms with Crippen LogP contribution in [-0.2, 0) is 29.7 Å². The van der Waals surface area contributed by atoms with Gasteiger partial charge in [0.05, 0.1) is 16.8 Å². The van der Waals surface area contributed by atoms with Gasteiger partial charge in [-0.3, -0.25) is 14.6 Å². The number of fused-ring (bicyclic) bond motifs is 4. The lowest BCUT2D eigenvalue weighted by Crippen LogP contribution is -2.57. The number of alkyl halides is 1. The van der Waals surface area contributed by atoms with Crippen LogP contribution < -0.4 is 9.64 Å². The van der Waals surface area contributed by atoms with Crippen molar-refractivity contribution in [3.8, 4) is 6.01 Å². The van der Waals surface area contributed by atoms with Crippen LogP contribution in [0, 0.1) is 6.57 Å². The summed E-state index contributed by atoms with van der Waals surface area (Å²) < 4.78 is 34.8. The SMILES string of the molecule is [C-]#[N+]C[C@H]1CN(c2nc(OC[C@@]34CCCN3C[C@H](F)C4)nc3c2CN(C)[C@]2(CCc4c(Cl)cccc42)C3)CCN1C(=O)C(=C)F. The summed E-state index contributed by atoms with van der Waals surface area (Å²) in [5.41, 5.74) is 3.66. The maximum absolute atomic E-state index is 14.5. The summed E-state index contributed by atoms with van der Waals surface area (Å²) in [6, 6.07) is 5.86. The molecule has 4 aliphatic heterocycles. The van der Waals surface area contributed by atoms with Crippen LogP contribution in [0.2, 0.25) is 5.02 Å². The molecular formula is C33H38ClF2N7O2. The molecule has 0 unspecified atom stereocenters. The first-order chi connectivity index (χ1) is 21.6. The zero-order chi connectivity index (χ0) is 31.5. The first-order valence-electron chi connectivity index (χ1n) is 15.8. The lowest BCUT2D eigenvalue weighted by molar-refractivity contribution is -0.131. The van der Waals surface area contributed by atoms with Gasteiger partial charge in [0.25, 0.3) is 5.91 Å². The molecule has 2 aromatic rings. The quantitative estimate of drug-likeness (QED) is 0.345. The molecule has 12 heteroatoms. The van der Waals surface area contributed by atoms with E-state index in [0.717, 1.165) is 48.5 Å². The molecule has 5 aliphatic rings. The summed E-state index contributed by atoms with van der Waals surface area (Å²) in [6.07, 6.45) is 3.92. The highest BCUT2D eigenvalue weighted by atomic mass is 35.5. The Kier molecular flexibility index (Phi) is 7.74. The third-order valence-electron chi connectivity index (χ3n) is 10.9. The van der Waals surface area contributed by atoms with Gasteiger partial charge in [0, 0.05) is 56.2 Å². The van der Waals surface area contributed by atoms with E-state index in [9.17, 15) is 13.6 Å². The first-order valence-corrected chi connectivity index (χ1v) is 16.2. The Labute approximate surface area is 267 Å². The molecule has 4 atom stereocenters. The number of rotatable bonds is 6. The molecule has 0 saturated carbocycles. The highest BCUT2D eigenvalue weighted by Gasteiger charge is 2.50. The maximum atomic E-state index is 14.5. The number of likely N-dealkylation sites (N-methyl/N-ethyl adjacent to an activating group) is 1. The molecule has 238 valence electrons. The molecule has 45 heavy (non-hydrogen) atoms. The summed E-state index contributed by atoms with van der Waals surface area (Å²) in [4.78, 5) is 34.2. The number of piperazine rings is 1. The normalized spacial score (nSPS) is 29.4. The molecule has 1 aromatic carbocycles. The first kappa shape index (κ1) is 30.3. The zero-order valence-electron chi connectivity index (χ0n) is 25.6. The molecule has 0 bridgehead atoms. The van der Waals surface area contributed by atoms with Gasteiger partial charge >= 0.3 is 6.01 Å². The van der Waals surface area contributed by atoms with Crippen molar-refractivity contribution in [2.45, 2.75) is 68.4 Å². The number of anilines is 1. The Bertz CT molecular complexity index is 1580. The number of halogens is 3. The number of benzene rings is 1. The summed E-state index contributed by atoms with van der Waals surface area (Å²) in [5.74, 6) is -1.10. The number of aromatic nitrogens is 2. The minimum atomic E-state index is -1.03. The fourth-order valence-electron chi connectivity index (χ4n) is 8.61. The Morgan fingerprint density at radius 1 is 1.22 bits per heavy atom. The highest BCUT2D eigenvalue weighted by molar-refractivity contribution is 6.31. The number of hydrogen-bond donors (Lipinski definition) is 0. The van der Waals surface area contributed by atoms with Crippen molar-refractivity contribution in [1.29, 1.82) is 0 Å². The summed E-state index contributed by atoms with van der Waals surface area (Å²) >= 11 is 6.64. The maximum Gasteiger partial charge on any atom is 0.318 e. The molecule has 1 amide bonds. The van der Waals surface area contributed by atoms with Crippen LogP contribution in [0.25, 0.3) is 4.85 Å². The second kappa shape index (κ2) is 11.5. The predicted molar refractivity (Wildman–Crippen MR) is 167 cm³/mol. The summed E-state index contributed by atoms with van der Waals surface area (Å²) in [6.45, 7) is 13.9. The van der Waals surface area contributed by atoms with Crippen molar-refractivity contribution in [3.63, 3.8) is 0 Å². The third kappa shape index (κ3) is 5.06. The number of nitrogens with zero attached hydrogens (tertiary/aromatic N) is 7. The van der Waals surface area contributed by atoms with Crippen molar-refractivity contribution >= 4 is 23.3 Å². The average Bonchev–Trinajstić information content (AvgIpc) is 3.67. The van der Waals surface area contributed by atoms with Crippen molar-refractivity contribution in [2.24, 2.45) is 0 Å². The van der Waals surface area contributed by atoms with Gasteiger partial charge in [0.1, 0.15) is 24.6 Å². The van der Waals surface area contributed by atoms with E-state index in [0.29, 0.717) is 51.4 Å². The van der Waals surface area contributed by atoms with Crippen LogP contribution >= 0.6 is 11.6 Å². The molecule has 7 rings (SSSR count). The molecule has 1 aliphatic carbocycles. The number of ether oxygens (including phenoxy) is 1. The second-order valence-corrected chi connectivity index (χ2v) is 13.7. The van der Waals surface area contributed by atoms with E-state index in [2.05, 4.69) is 39.2 Å². The second-order valence-electron chi connectivity index (χ2n) is 13.3. The van der Waals surface area contributed by atoms with Gasteiger partial charge in [0.2, 0.25) is 6.54 Å². The van der Waals surface area contributed by atoms with E-state index in [4.69, 9.17) is 32.9 Å². The van der Waals surface area contributed by atoms with Crippen LogP contribution in [0.15, 0.2) is 30.6 Å². The predicted octanol–water partition coefficient (Wildman–Crippen LogP) is 4.33. The Morgan fingerprint density at radius 3 is 2.87 bits per heavy atom. The standard InChI is InChI=1S/C33H38ClF2N7O2/c1-21(35)30(44)43-13-12-41(18-23(43)16-37-2)29-25-19-40(3)33(10-8-24-26(33)6-4-7-27(24)34)15-28(25)38-31(39-29)45-20-32-9-5-11-42(32)17-22(36)14-32/h4,6-7,22-23H,1,5,8-20H2,3H3/t22-,23+,32+,33-/m1/s1. The third-order valence-corrected chi connectivity index (χ3v) is 11.2. The van der Waals surface area contributed by atoms with E-state index in [1.165, 1.54) is 16.0 Å². The molecule has 3 saturated heterocycles. The van der Waals surface area contributed by atoms with Gasteiger partial charge < -0.3 is 19.4 Å². The largest absolute Gasteiger partial charge is 0.461 e. The summed E-state index contributed by atoms with van der Waals surface area (Å²) in [5, 5.41) is 0.785. The lowest BCUT2D eigenvalue weighted by Gasteiger charge is -2.46.